The Kier molecular flexibility index (Phi) is 4.29. The van der Waals surface area contributed by atoms with E-state index in [0.29, 0.717) is 13.0 Å². The van der Waals surface area contributed by atoms with Crippen molar-refractivity contribution in [2.24, 2.45) is 5.92 Å². The summed E-state index contributed by atoms with van der Waals surface area (Å²) in [4.78, 5) is 24.5. The Morgan fingerprint density at radius 3 is 2.56 bits per heavy atom. The second-order valence-electron chi connectivity index (χ2n) is 4.26. The monoisotopic (exact) mass is 229 g/mol. The number of hydrogen-bond donors (Lipinski definition) is 1. The van der Waals surface area contributed by atoms with Gasteiger partial charge in [-0.2, -0.15) is 0 Å². The van der Waals surface area contributed by atoms with E-state index in [0.717, 1.165) is 6.42 Å². The molecule has 1 N–H and O–H groups in total. The molecule has 0 radical (unpaired) electrons. The standard InChI is InChI=1S/C11H19NO4/c1-7(8(2)16-3)10(13)12-6-4-5-9(12)11(14)15/h7-9H,4-6H2,1-3H3,(H,14,15). The van der Waals surface area contributed by atoms with Crippen molar-refractivity contribution >= 4 is 11.9 Å². The zero-order chi connectivity index (χ0) is 12.3. The maximum Gasteiger partial charge on any atom is 0.326 e. The topological polar surface area (TPSA) is 66.8 Å². The molecule has 1 amide bonds. The average molecular weight is 229 g/mol. The van der Waals surface area contributed by atoms with Crippen LogP contribution in [-0.4, -0.2) is 47.7 Å². The summed E-state index contributed by atoms with van der Waals surface area (Å²) in [5.41, 5.74) is 0. The number of rotatable bonds is 4. The van der Waals surface area contributed by atoms with Gasteiger partial charge in [0, 0.05) is 13.7 Å². The van der Waals surface area contributed by atoms with E-state index >= 15 is 0 Å². The van der Waals surface area contributed by atoms with Crippen LogP contribution in [0.2, 0.25) is 0 Å². The zero-order valence-corrected chi connectivity index (χ0v) is 9.97. The quantitative estimate of drug-likeness (QED) is 0.771. The van der Waals surface area contributed by atoms with Gasteiger partial charge < -0.3 is 14.7 Å². The molecule has 92 valence electrons. The van der Waals surface area contributed by atoms with E-state index in [4.69, 9.17) is 9.84 Å². The lowest BCUT2D eigenvalue weighted by atomic mass is 10.0. The summed E-state index contributed by atoms with van der Waals surface area (Å²) in [7, 11) is 1.55. The minimum absolute atomic E-state index is 0.126. The summed E-state index contributed by atoms with van der Waals surface area (Å²) >= 11 is 0. The van der Waals surface area contributed by atoms with Gasteiger partial charge in [0.2, 0.25) is 5.91 Å². The predicted molar refractivity (Wildman–Crippen MR) is 58.0 cm³/mol. The van der Waals surface area contributed by atoms with Crippen molar-refractivity contribution in [3.8, 4) is 0 Å². The number of amides is 1. The predicted octanol–water partition coefficient (Wildman–Crippen LogP) is 0.733. The lowest BCUT2D eigenvalue weighted by molar-refractivity contribution is -0.151. The summed E-state index contributed by atoms with van der Waals surface area (Å²) in [5.74, 6) is -1.34. The van der Waals surface area contributed by atoms with E-state index < -0.39 is 12.0 Å². The number of aliphatic carboxylic acids is 1. The van der Waals surface area contributed by atoms with Gasteiger partial charge in [-0.05, 0) is 19.8 Å². The number of carbonyl (C=O) groups is 2. The van der Waals surface area contributed by atoms with Crippen molar-refractivity contribution in [2.75, 3.05) is 13.7 Å². The van der Waals surface area contributed by atoms with Crippen molar-refractivity contribution in [1.29, 1.82) is 0 Å². The summed E-state index contributed by atoms with van der Waals surface area (Å²) in [6.07, 6.45) is 1.12. The van der Waals surface area contributed by atoms with Crippen LogP contribution in [0, 0.1) is 5.92 Å². The molecule has 0 aliphatic carbocycles. The van der Waals surface area contributed by atoms with E-state index in [1.54, 1.807) is 14.0 Å². The summed E-state index contributed by atoms with van der Waals surface area (Å²) < 4.78 is 5.09. The molecule has 1 aliphatic heterocycles. The van der Waals surface area contributed by atoms with Crippen molar-refractivity contribution in [1.82, 2.24) is 4.90 Å². The summed E-state index contributed by atoms with van der Waals surface area (Å²) in [5, 5.41) is 8.98. The summed E-state index contributed by atoms with van der Waals surface area (Å²) in [6, 6.07) is -0.654. The number of ether oxygens (including phenoxy) is 1. The van der Waals surface area contributed by atoms with Crippen molar-refractivity contribution < 1.29 is 19.4 Å². The van der Waals surface area contributed by atoms with Crippen LogP contribution >= 0.6 is 0 Å². The Labute approximate surface area is 95.4 Å². The molecule has 1 rings (SSSR count). The van der Waals surface area contributed by atoms with Gasteiger partial charge in [-0.25, -0.2) is 4.79 Å². The average Bonchev–Trinajstić information content (AvgIpc) is 2.74. The molecule has 16 heavy (non-hydrogen) atoms. The molecule has 0 aromatic heterocycles. The number of methoxy groups -OCH3 is 1. The van der Waals surface area contributed by atoms with E-state index in [1.807, 2.05) is 6.92 Å². The lowest BCUT2D eigenvalue weighted by Gasteiger charge is -2.27. The van der Waals surface area contributed by atoms with Gasteiger partial charge in [-0.3, -0.25) is 4.79 Å². The van der Waals surface area contributed by atoms with Crippen LogP contribution < -0.4 is 0 Å². The van der Waals surface area contributed by atoms with Crippen LogP contribution in [0.25, 0.3) is 0 Å². The van der Waals surface area contributed by atoms with Gasteiger partial charge in [-0.1, -0.05) is 6.92 Å². The first-order valence-corrected chi connectivity index (χ1v) is 5.55. The van der Waals surface area contributed by atoms with Crippen molar-refractivity contribution in [3.63, 3.8) is 0 Å². The Hall–Kier alpha value is -1.10. The molecule has 1 heterocycles. The van der Waals surface area contributed by atoms with E-state index in [1.165, 1.54) is 4.90 Å². The molecule has 0 aromatic carbocycles. The molecule has 3 atom stereocenters. The minimum atomic E-state index is -0.914. The summed E-state index contributed by atoms with van der Waals surface area (Å²) in [6.45, 7) is 4.12. The second kappa shape index (κ2) is 5.30. The first kappa shape index (κ1) is 13.0. The Bertz CT molecular complexity index is 279. The third-order valence-electron chi connectivity index (χ3n) is 3.29. The zero-order valence-electron chi connectivity index (χ0n) is 9.97. The molecule has 0 spiro atoms. The van der Waals surface area contributed by atoms with Gasteiger partial charge in [-0.15, -0.1) is 0 Å². The molecular weight excluding hydrogens is 210 g/mol. The van der Waals surface area contributed by atoms with Crippen LogP contribution in [0.3, 0.4) is 0 Å². The second-order valence-corrected chi connectivity index (χ2v) is 4.26. The molecule has 0 bridgehead atoms. The fourth-order valence-electron chi connectivity index (χ4n) is 1.95. The van der Waals surface area contributed by atoms with Gasteiger partial charge in [0.15, 0.2) is 0 Å². The van der Waals surface area contributed by atoms with Crippen LogP contribution in [0.1, 0.15) is 26.7 Å². The highest BCUT2D eigenvalue weighted by molar-refractivity contribution is 5.85. The number of hydrogen-bond acceptors (Lipinski definition) is 3. The molecule has 3 unspecified atom stereocenters. The smallest absolute Gasteiger partial charge is 0.326 e. The fraction of sp³-hybridized carbons (Fsp3) is 0.818. The molecule has 1 saturated heterocycles. The minimum Gasteiger partial charge on any atom is -0.480 e. The lowest BCUT2D eigenvalue weighted by Crippen LogP contribution is -2.45. The van der Waals surface area contributed by atoms with Crippen molar-refractivity contribution in [2.45, 2.75) is 38.8 Å². The van der Waals surface area contributed by atoms with Gasteiger partial charge in [0.25, 0.3) is 0 Å². The maximum atomic E-state index is 12.0. The van der Waals surface area contributed by atoms with E-state index in [-0.39, 0.29) is 17.9 Å². The number of likely N-dealkylation sites (tertiary alicyclic amines) is 1. The molecule has 0 aromatic rings. The third-order valence-corrected chi connectivity index (χ3v) is 3.29. The largest absolute Gasteiger partial charge is 0.480 e. The molecule has 5 heteroatoms. The molecule has 5 nitrogen and oxygen atoms in total. The number of carboxylic acids is 1. The molecular formula is C11H19NO4. The normalized spacial score (nSPS) is 24.2. The number of carbonyl (C=O) groups excluding carboxylic acids is 1. The molecule has 1 fully saturated rings. The third kappa shape index (κ3) is 2.52. The Morgan fingerprint density at radius 1 is 1.44 bits per heavy atom. The first-order chi connectivity index (χ1) is 7.49. The van der Waals surface area contributed by atoms with Crippen LogP contribution in [0.15, 0.2) is 0 Å². The molecule has 0 saturated carbocycles. The maximum absolute atomic E-state index is 12.0. The Balaban J connectivity index is 2.69. The Morgan fingerprint density at radius 2 is 2.06 bits per heavy atom. The van der Waals surface area contributed by atoms with Crippen LogP contribution in [0.5, 0.6) is 0 Å². The van der Waals surface area contributed by atoms with Gasteiger partial charge >= 0.3 is 5.97 Å². The van der Waals surface area contributed by atoms with Gasteiger partial charge in [0.1, 0.15) is 6.04 Å². The number of carboxylic acid groups (broad SMARTS) is 1. The highest BCUT2D eigenvalue weighted by Gasteiger charge is 2.37. The van der Waals surface area contributed by atoms with Crippen molar-refractivity contribution in [3.05, 3.63) is 0 Å². The molecule has 1 aliphatic rings. The van der Waals surface area contributed by atoms with Crippen LogP contribution in [0.4, 0.5) is 0 Å². The highest BCUT2D eigenvalue weighted by atomic mass is 16.5. The van der Waals surface area contributed by atoms with Crippen LogP contribution in [-0.2, 0) is 14.3 Å². The number of nitrogens with zero attached hydrogens (tertiary/aromatic N) is 1. The van der Waals surface area contributed by atoms with Gasteiger partial charge in [0.05, 0.1) is 12.0 Å². The first-order valence-electron chi connectivity index (χ1n) is 5.55. The van der Waals surface area contributed by atoms with E-state index in [9.17, 15) is 9.59 Å². The van der Waals surface area contributed by atoms with E-state index in [2.05, 4.69) is 0 Å². The highest BCUT2D eigenvalue weighted by Crippen LogP contribution is 2.21. The SMILES string of the molecule is COC(C)C(C)C(=O)N1CCCC1C(=O)O. The fourth-order valence-corrected chi connectivity index (χ4v) is 1.95.